The highest BCUT2D eigenvalue weighted by Gasteiger charge is 2.37. The average Bonchev–Trinajstić information content (AvgIpc) is 2.30. The number of hydrogen-bond acceptors (Lipinski definition) is 1. The maximum atomic E-state index is 11.3. The van der Waals surface area contributed by atoms with Gasteiger partial charge in [-0.1, -0.05) is 6.92 Å². The summed E-state index contributed by atoms with van der Waals surface area (Å²) in [4.78, 5) is 13.4. The van der Waals surface area contributed by atoms with Crippen LogP contribution in [-0.4, -0.2) is 23.4 Å². The van der Waals surface area contributed by atoms with Crippen LogP contribution >= 0.6 is 0 Å². The van der Waals surface area contributed by atoms with Crippen molar-refractivity contribution in [3.05, 3.63) is 0 Å². The number of piperidine rings is 1. The summed E-state index contributed by atoms with van der Waals surface area (Å²) in [6.45, 7) is 3.22. The monoisotopic (exact) mass is 153 g/mol. The molecule has 2 atom stereocenters. The van der Waals surface area contributed by atoms with Crippen molar-refractivity contribution in [2.75, 3.05) is 6.54 Å². The van der Waals surface area contributed by atoms with Crippen LogP contribution in [0, 0.1) is 5.92 Å². The lowest BCUT2D eigenvalue weighted by Crippen LogP contribution is -2.38. The number of fused-ring (bicyclic) bond motifs is 1. The summed E-state index contributed by atoms with van der Waals surface area (Å²) < 4.78 is 0. The van der Waals surface area contributed by atoms with E-state index in [1.165, 1.54) is 19.3 Å². The first-order valence-corrected chi connectivity index (χ1v) is 4.58. The predicted molar refractivity (Wildman–Crippen MR) is 43.1 cm³/mol. The first-order valence-electron chi connectivity index (χ1n) is 4.58. The molecule has 2 rings (SSSR count). The van der Waals surface area contributed by atoms with Gasteiger partial charge in [0.2, 0.25) is 5.91 Å². The Morgan fingerprint density at radius 2 is 2.27 bits per heavy atom. The first-order chi connectivity index (χ1) is 5.29. The van der Waals surface area contributed by atoms with Crippen molar-refractivity contribution in [3.8, 4) is 0 Å². The van der Waals surface area contributed by atoms with Crippen molar-refractivity contribution in [2.45, 2.75) is 38.6 Å². The largest absolute Gasteiger partial charge is 0.339 e. The fourth-order valence-corrected chi connectivity index (χ4v) is 2.39. The van der Waals surface area contributed by atoms with Gasteiger partial charge in [-0.2, -0.15) is 0 Å². The maximum Gasteiger partial charge on any atom is 0.223 e. The average molecular weight is 153 g/mol. The van der Waals surface area contributed by atoms with E-state index in [4.69, 9.17) is 0 Å². The Hall–Kier alpha value is -0.530. The molecule has 0 aromatic carbocycles. The van der Waals surface area contributed by atoms with E-state index in [2.05, 4.69) is 11.8 Å². The molecule has 2 heteroatoms. The molecular weight excluding hydrogens is 138 g/mol. The molecule has 0 spiro atoms. The second-order valence-corrected chi connectivity index (χ2v) is 3.83. The number of carbonyl (C=O) groups is 1. The molecule has 2 nitrogen and oxygen atoms in total. The summed E-state index contributed by atoms with van der Waals surface area (Å²) in [6, 6.07) is 0.594. The van der Waals surface area contributed by atoms with Crippen molar-refractivity contribution >= 4 is 5.91 Å². The van der Waals surface area contributed by atoms with Crippen LogP contribution in [0.3, 0.4) is 0 Å². The van der Waals surface area contributed by atoms with Crippen LogP contribution in [0.25, 0.3) is 0 Å². The van der Waals surface area contributed by atoms with E-state index in [9.17, 15) is 4.79 Å². The third-order valence-electron chi connectivity index (χ3n) is 3.02. The van der Waals surface area contributed by atoms with Gasteiger partial charge in [-0.05, 0) is 25.2 Å². The van der Waals surface area contributed by atoms with E-state index < -0.39 is 0 Å². The zero-order chi connectivity index (χ0) is 7.84. The molecule has 2 saturated heterocycles. The summed E-state index contributed by atoms with van der Waals surface area (Å²) in [6.07, 6.45) is 4.57. The highest BCUT2D eigenvalue weighted by molar-refractivity contribution is 5.79. The molecule has 2 heterocycles. The van der Waals surface area contributed by atoms with Gasteiger partial charge in [0.05, 0.1) is 0 Å². The van der Waals surface area contributed by atoms with Crippen LogP contribution < -0.4 is 0 Å². The van der Waals surface area contributed by atoms with Crippen molar-refractivity contribution in [1.82, 2.24) is 4.90 Å². The smallest absolute Gasteiger partial charge is 0.223 e. The van der Waals surface area contributed by atoms with Crippen LogP contribution in [0.15, 0.2) is 0 Å². The zero-order valence-electron chi connectivity index (χ0n) is 7.05. The molecule has 1 amide bonds. The third-order valence-corrected chi connectivity index (χ3v) is 3.02. The number of amides is 1. The summed E-state index contributed by atoms with van der Waals surface area (Å²) >= 11 is 0. The van der Waals surface area contributed by atoms with Gasteiger partial charge in [0.15, 0.2) is 0 Å². The van der Waals surface area contributed by atoms with Crippen molar-refractivity contribution in [3.63, 3.8) is 0 Å². The van der Waals surface area contributed by atoms with E-state index in [-0.39, 0.29) is 0 Å². The standard InChI is InChI=1S/C9H15NO/c1-7-6-9(11)10-5-3-2-4-8(7)10/h7-8H,2-6H2,1H3. The first kappa shape index (κ1) is 7.14. The summed E-state index contributed by atoms with van der Waals surface area (Å²) in [5.41, 5.74) is 0. The molecule has 0 radical (unpaired) electrons. The molecule has 0 aromatic rings. The molecule has 2 aliphatic rings. The van der Waals surface area contributed by atoms with Gasteiger partial charge in [0.25, 0.3) is 0 Å². The van der Waals surface area contributed by atoms with Crippen LogP contribution in [-0.2, 0) is 4.79 Å². The van der Waals surface area contributed by atoms with Gasteiger partial charge < -0.3 is 4.90 Å². The van der Waals surface area contributed by atoms with E-state index in [0.29, 0.717) is 17.9 Å². The molecule has 2 unspecified atom stereocenters. The molecule has 11 heavy (non-hydrogen) atoms. The van der Waals surface area contributed by atoms with Crippen LogP contribution in [0.2, 0.25) is 0 Å². The highest BCUT2D eigenvalue weighted by Crippen LogP contribution is 2.31. The Morgan fingerprint density at radius 3 is 3.00 bits per heavy atom. The minimum Gasteiger partial charge on any atom is -0.339 e. The fourth-order valence-electron chi connectivity index (χ4n) is 2.39. The molecule has 0 aromatic heterocycles. The van der Waals surface area contributed by atoms with Crippen molar-refractivity contribution in [1.29, 1.82) is 0 Å². The van der Waals surface area contributed by atoms with Gasteiger partial charge in [0.1, 0.15) is 0 Å². The number of nitrogens with zero attached hydrogens (tertiary/aromatic N) is 1. The van der Waals surface area contributed by atoms with Crippen LogP contribution in [0.5, 0.6) is 0 Å². The molecular formula is C9H15NO. The second-order valence-electron chi connectivity index (χ2n) is 3.83. The van der Waals surface area contributed by atoms with Gasteiger partial charge >= 0.3 is 0 Å². The number of rotatable bonds is 0. The summed E-state index contributed by atoms with van der Waals surface area (Å²) in [7, 11) is 0. The SMILES string of the molecule is CC1CC(=O)N2CCCCC12. The topological polar surface area (TPSA) is 20.3 Å². The van der Waals surface area contributed by atoms with E-state index in [0.717, 1.165) is 13.0 Å². The lowest BCUT2D eigenvalue weighted by Gasteiger charge is -2.31. The third kappa shape index (κ3) is 1.05. The molecule has 0 bridgehead atoms. The number of carbonyl (C=O) groups excluding carboxylic acids is 1. The Balaban J connectivity index is 2.13. The lowest BCUT2D eigenvalue weighted by atomic mass is 9.95. The Bertz CT molecular complexity index is 178. The second kappa shape index (κ2) is 2.50. The Labute approximate surface area is 67.6 Å². The maximum absolute atomic E-state index is 11.3. The van der Waals surface area contributed by atoms with E-state index >= 15 is 0 Å². The van der Waals surface area contributed by atoms with E-state index in [1.54, 1.807) is 0 Å². The van der Waals surface area contributed by atoms with Crippen LogP contribution in [0.4, 0.5) is 0 Å². The number of hydrogen-bond donors (Lipinski definition) is 0. The predicted octanol–water partition coefficient (Wildman–Crippen LogP) is 1.41. The highest BCUT2D eigenvalue weighted by atomic mass is 16.2. The van der Waals surface area contributed by atoms with Crippen LogP contribution in [0.1, 0.15) is 32.6 Å². The molecule has 0 saturated carbocycles. The van der Waals surface area contributed by atoms with Gasteiger partial charge in [-0.3, -0.25) is 4.79 Å². The Kier molecular flexibility index (Phi) is 1.63. The van der Waals surface area contributed by atoms with Gasteiger partial charge in [0, 0.05) is 19.0 Å². The minimum absolute atomic E-state index is 0.391. The summed E-state index contributed by atoms with van der Waals surface area (Å²) in [5.74, 6) is 1.00. The quantitative estimate of drug-likeness (QED) is 0.515. The zero-order valence-corrected chi connectivity index (χ0v) is 7.05. The summed E-state index contributed by atoms with van der Waals surface area (Å²) in [5, 5.41) is 0. The molecule has 2 fully saturated rings. The fraction of sp³-hybridized carbons (Fsp3) is 0.889. The molecule has 2 aliphatic heterocycles. The lowest BCUT2D eigenvalue weighted by molar-refractivity contribution is -0.129. The van der Waals surface area contributed by atoms with Crippen molar-refractivity contribution in [2.24, 2.45) is 5.92 Å². The molecule has 0 N–H and O–H groups in total. The normalized spacial score (nSPS) is 37.5. The van der Waals surface area contributed by atoms with Crippen molar-refractivity contribution < 1.29 is 4.79 Å². The Morgan fingerprint density at radius 1 is 1.45 bits per heavy atom. The molecule has 0 aliphatic carbocycles. The van der Waals surface area contributed by atoms with Gasteiger partial charge in [-0.15, -0.1) is 0 Å². The molecule has 62 valence electrons. The van der Waals surface area contributed by atoms with E-state index in [1.807, 2.05) is 0 Å². The van der Waals surface area contributed by atoms with Gasteiger partial charge in [-0.25, -0.2) is 0 Å². The minimum atomic E-state index is 0.391.